The smallest absolute Gasteiger partial charge is 0.229 e. The number of benzene rings is 1. The highest BCUT2D eigenvalue weighted by atomic mass is 15.1. The molecule has 5 nitrogen and oxygen atoms in total. The van der Waals surface area contributed by atoms with E-state index in [2.05, 4.69) is 65.6 Å². The van der Waals surface area contributed by atoms with Crippen molar-refractivity contribution in [3.05, 3.63) is 41.1 Å². The summed E-state index contributed by atoms with van der Waals surface area (Å²) in [5.74, 6) is 1.50. The van der Waals surface area contributed by atoms with Gasteiger partial charge >= 0.3 is 0 Å². The van der Waals surface area contributed by atoms with Gasteiger partial charge < -0.3 is 15.5 Å². The number of anilines is 3. The van der Waals surface area contributed by atoms with Crippen molar-refractivity contribution >= 4 is 17.5 Å². The van der Waals surface area contributed by atoms with Crippen molar-refractivity contribution in [2.75, 3.05) is 37.8 Å². The van der Waals surface area contributed by atoms with Crippen LogP contribution in [0.1, 0.15) is 23.2 Å². The van der Waals surface area contributed by atoms with Gasteiger partial charge in [-0.15, -0.1) is 0 Å². The molecule has 1 aromatic carbocycles. The molecule has 2 rings (SSSR count). The topological polar surface area (TPSA) is 53.1 Å². The normalized spacial score (nSPS) is 10.9. The first-order chi connectivity index (χ1) is 11.0. The molecule has 0 aliphatic heterocycles. The lowest BCUT2D eigenvalue weighted by molar-refractivity contribution is 0.405. The fourth-order valence-corrected chi connectivity index (χ4v) is 2.33. The fraction of sp³-hybridized carbons (Fsp3) is 0.444. The molecule has 0 saturated carbocycles. The van der Waals surface area contributed by atoms with Gasteiger partial charge in [0.2, 0.25) is 5.95 Å². The molecule has 0 amide bonds. The molecule has 2 aromatic rings. The van der Waals surface area contributed by atoms with Crippen LogP contribution in [0.4, 0.5) is 17.5 Å². The van der Waals surface area contributed by atoms with Crippen LogP contribution < -0.4 is 10.6 Å². The Balaban J connectivity index is 2.06. The number of nitrogens with one attached hydrogen (secondary N) is 2. The molecule has 0 bridgehead atoms. The molecule has 5 heteroatoms. The second kappa shape index (κ2) is 7.92. The maximum atomic E-state index is 4.57. The highest BCUT2D eigenvalue weighted by Crippen LogP contribution is 2.21. The second-order valence-electron chi connectivity index (χ2n) is 6.17. The molecule has 2 N–H and O–H groups in total. The third-order valence-electron chi connectivity index (χ3n) is 3.79. The highest BCUT2D eigenvalue weighted by Gasteiger charge is 2.05. The van der Waals surface area contributed by atoms with Crippen LogP contribution in [0.5, 0.6) is 0 Å². The Kier molecular flexibility index (Phi) is 5.93. The zero-order chi connectivity index (χ0) is 16.8. The Bertz CT molecular complexity index is 652. The van der Waals surface area contributed by atoms with E-state index in [0.29, 0.717) is 5.95 Å². The van der Waals surface area contributed by atoms with Gasteiger partial charge in [-0.1, -0.05) is 12.1 Å². The van der Waals surface area contributed by atoms with E-state index in [1.54, 1.807) is 0 Å². The van der Waals surface area contributed by atoms with E-state index in [1.807, 2.05) is 19.1 Å². The SMILES string of the molecule is Cc1cc(NCCCN(C)C)nc(Nc2cccc(C)c2C)n1. The van der Waals surface area contributed by atoms with E-state index in [-0.39, 0.29) is 0 Å². The van der Waals surface area contributed by atoms with Crippen LogP contribution in [0.3, 0.4) is 0 Å². The van der Waals surface area contributed by atoms with E-state index in [1.165, 1.54) is 11.1 Å². The van der Waals surface area contributed by atoms with Gasteiger partial charge in [0.05, 0.1) is 0 Å². The number of hydrogen-bond acceptors (Lipinski definition) is 5. The minimum atomic E-state index is 0.633. The van der Waals surface area contributed by atoms with Gasteiger partial charge in [0, 0.05) is 24.0 Å². The van der Waals surface area contributed by atoms with Crippen molar-refractivity contribution in [3.8, 4) is 0 Å². The molecule has 23 heavy (non-hydrogen) atoms. The van der Waals surface area contributed by atoms with E-state index in [9.17, 15) is 0 Å². The Labute approximate surface area is 139 Å². The zero-order valence-corrected chi connectivity index (χ0v) is 14.8. The van der Waals surface area contributed by atoms with Crippen LogP contribution in [-0.4, -0.2) is 42.1 Å². The first-order valence-electron chi connectivity index (χ1n) is 8.03. The van der Waals surface area contributed by atoms with E-state index >= 15 is 0 Å². The lowest BCUT2D eigenvalue weighted by Crippen LogP contribution is -2.17. The minimum Gasteiger partial charge on any atom is -0.370 e. The molecule has 0 fully saturated rings. The van der Waals surface area contributed by atoms with Gasteiger partial charge in [-0.2, -0.15) is 4.98 Å². The van der Waals surface area contributed by atoms with Crippen LogP contribution in [-0.2, 0) is 0 Å². The van der Waals surface area contributed by atoms with Crippen LogP contribution in [0, 0.1) is 20.8 Å². The predicted molar refractivity (Wildman–Crippen MR) is 97.6 cm³/mol. The summed E-state index contributed by atoms with van der Waals surface area (Å²) < 4.78 is 0. The predicted octanol–water partition coefficient (Wildman–Crippen LogP) is 3.51. The van der Waals surface area contributed by atoms with Crippen molar-refractivity contribution in [1.82, 2.24) is 14.9 Å². The summed E-state index contributed by atoms with van der Waals surface area (Å²) in [6.07, 6.45) is 1.08. The Morgan fingerprint density at radius 1 is 1.09 bits per heavy atom. The number of nitrogens with zero attached hydrogens (tertiary/aromatic N) is 3. The lowest BCUT2D eigenvalue weighted by atomic mass is 10.1. The van der Waals surface area contributed by atoms with Crippen molar-refractivity contribution in [1.29, 1.82) is 0 Å². The molecule has 0 saturated heterocycles. The third kappa shape index (κ3) is 5.21. The number of hydrogen-bond donors (Lipinski definition) is 2. The van der Waals surface area contributed by atoms with Gasteiger partial charge in [0.1, 0.15) is 5.82 Å². The summed E-state index contributed by atoms with van der Waals surface area (Å²) in [5.41, 5.74) is 4.47. The van der Waals surface area contributed by atoms with Crippen LogP contribution in [0.15, 0.2) is 24.3 Å². The molecule has 1 aromatic heterocycles. The monoisotopic (exact) mass is 313 g/mol. The quantitative estimate of drug-likeness (QED) is 0.766. The first-order valence-corrected chi connectivity index (χ1v) is 8.03. The van der Waals surface area contributed by atoms with E-state index < -0.39 is 0 Å². The lowest BCUT2D eigenvalue weighted by Gasteiger charge is -2.13. The number of rotatable bonds is 7. The molecule has 0 radical (unpaired) electrons. The number of aryl methyl sites for hydroxylation is 2. The molecule has 0 spiro atoms. The summed E-state index contributed by atoms with van der Waals surface area (Å²) in [7, 11) is 4.17. The summed E-state index contributed by atoms with van der Waals surface area (Å²) in [5, 5.41) is 6.71. The van der Waals surface area contributed by atoms with Gasteiger partial charge in [0.15, 0.2) is 0 Å². The van der Waals surface area contributed by atoms with Crippen molar-refractivity contribution in [3.63, 3.8) is 0 Å². The molecular weight excluding hydrogens is 286 g/mol. The van der Waals surface area contributed by atoms with Crippen molar-refractivity contribution in [2.24, 2.45) is 0 Å². The van der Waals surface area contributed by atoms with Crippen LogP contribution in [0.25, 0.3) is 0 Å². The number of aromatic nitrogens is 2. The minimum absolute atomic E-state index is 0.633. The maximum Gasteiger partial charge on any atom is 0.229 e. The highest BCUT2D eigenvalue weighted by molar-refractivity contribution is 5.61. The molecule has 124 valence electrons. The summed E-state index contributed by atoms with van der Waals surface area (Å²) >= 11 is 0. The summed E-state index contributed by atoms with van der Waals surface area (Å²) in [6.45, 7) is 8.16. The van der Waals surface area contributed by atoms with Gasteiger partial charge in [-0.05, 0) is 65.0 Å². The summed E-state index contributed by atoms with van der Waals surface area (Å²) in [4.78, 5) is 11.2. The third-order valence-corrected chi connectivity index (χ3v) is 3.79. The standard InChI is InChI=1S/C18H27N5/c1-13-8-6-9-16(15(13)3)21-18-20-14(2)12-17(22-18)19-10-7-11-23(4)5/h6,8-9,12H,7,10-11H2,1-5H3,(H2,19,20,21,22). The molecular formula is C18H27N5. The first kappa shape index (κ1) is 17.2. The van der Waals surface area contributed by atoms with Gasteiger partial charge in [-0.3, -0.25) is 0 Å². The fourth-order valence-electron chi connectivity index (χ4n) is 2.33. The molecule has 0 aliphatic rings. The Morgan fingerprint density at radius 3 is 2.61 bits per heavy atom. The van der Waals surface area contributed by atoms with Crippen molar-refractivity contribution < 1.29 is 0 Å². The average molecular weight is 313 g/mol. The molecule has 0 atom stereocenters. The zero-order valence-electron chi connectivity index (χ0n) is 14.8. The van der Waals surface area contributed by atoms with Crippen LogP contribution in [0.2, 0.25) is 0 Å². The van der Waals surface area contributed by atoms with Gasteiger partial charge in [-0.25, -0.2) is 4.98 Å². The van der Waals surface area contributed by atoms with E-state index in [0.717, 1.165) is 36.7 Å². The molecule has 0 unspecified atom stereocenters. The Hall–Kier alpha value is -2.14. The molecule has 1 heterocycles. The van der Waals surface area contributed by atoms with Crippen LogP contribution >= 0.6 is 0 Å². The maximum absolute atomic E-state index is 4.57. The Morgan fingerprint density at radius 2 is 1.87 bits per heavy atom. The van der Waals surface area contributed by atoms with Crippen molar-refractivity contribution in [2.45, 2.75) is 27.2 Å². The molecule has 0 aliphatic carbocycles. The van der Waals surface area contributed by atoms with Gasteiger partial charge in [0.25, 0.3) is 0 Å². The largest absolute Gasteiger partial charge is 0.370 e. The average Bonchev–Trinajstić information content (AvgIpc) is 2.48. The second-order valence-corrected chi connectivity index (χ2v) is 6.17. The van der Waals surface area contributed by atoms with E-state index in [4.69, 9.17) is 0 Å². The summed E-state index contributed by atoms with van der Waals surface area (Å²) in [6, 6.07) is 8.18.